The number of fused-ring (bicyclic) bond motifs is 3. The van der Waals surface area contributed by atoms with E-state index in [-0.39, 0.29) is 11.8 Å². The molecule has 0 spiro atoms. The van der Waals surface area contributed by atoms with Crippen LogP contribution in [-0.2, 0) is 4.79 Å². The van der Waals surface area contributed by atoms with E-state index < -0.39 is 6.17 Å². The first-order chi connectivity index (χ1) is 15.0. The number of unbranched alkanes of at least 4 members (excludes halogenated alkanes) is 3. The minimum atomic E-state index is -0.502. The minimum absolute atomic E-state index is 0.0942. The van der Waals surface area contributed by atoms with Gasteiger partial charge in [0.25, 0.3) is 10.9 Å². The predicted octanol–water partition coefficient (Wildman–Crippen LogP) is 4.46. The van der Waals surface area contributed by atoms with Crippen molar-refractivity contribution in [2.75, 3.05) is 10.7 Å². The van der Waals surface area contributed by atoms with Crippen LogP contribution in [0, 0.1) is 6.92 Å². The Bertz CT molecular complexity index is 1100. The fraction of sp³-hybridized carbons (Fsp3) is 0.391. The molecule has 0 saturated carbocycles. The van der Waals surface area contributed by atoms with E-state index in [1.807, 2.05) is 42.6 Å². The first kappa shape index (κ1) is 21.8. The lowest BCUT2D eigenvalue weighted by Gasteiger charge is -2.32. The van der Waals surface area contributed by atoms with Crippen molar-refractivity contribution in [3.63, 3.8) is 0 Å². The summed E-state index contributed by atoms with van der Waals surface area (Å²) in [7, 11) is 0. The number of aryl methyl sites for hydroxylation is 1. The Balaban J connectivity index is 1.83. The van der Waals surface area contributed by atoms with E-state index in [0.717, 1.165) is 29.0 Å². The molecular weight excluding hydrogens is 428 g/mol. The van der Waals surface area contributed by atoms with Gasteiger partial charge in [-0.05, 0) is 42.5 Å². The summed E-state index contributed by atoms with van der Waals surface area (Å²) in [5.41, 5.74) is 2.90. The van der Waals surface area contributed by atoms with E-state index >= 15 is 0 Å². The molecule has 0 saturated heterocycles. The molecule has 6 nitrogen and oxygen atoms in total. The molecule has 3 heterocycles. The Kier molecular flexibility index (Phi) is 6.57. The minimum Gasteiger partial charge on any atom is -0.854 e. The summed E-state index contributed by atoms with van der Waals surface area (Å²) in [6.45, 7) is 5.76. The first-order valence-corrected chi connectivity index (χ1v) is 12.5. The second-order valence-corrected chi connectivity index (χ2v) is 9.66. The summed E-state index contributed by atoms with van der Waals surface area (Å²) >= 11 is 3.08. The van der Waals surface area contributed by atoms with Gasteiger partial charge in [-0.25, -0.2) is 9.88 Å². The second kappa shape index (κ2) is 9.36. The quantitative estimate of drug-likeness (QED) is 0.299. The molecule has 1 aliphatic heterocycles. The third kappa shape index (κ3) is 4.19. The summed E-state index contributed by atoms with van der Waals surface area (Å²) in [6, 6.07) is 9.52. The largest absolute Gasteiger partial charge is 0.854 e. The van der Waals surface area contributed by atoms with Gasteiger partial charge in [0.05, 0.1) is 17.1 Å². The van der Waals surface area contributed by atoms with E-state index in [2.05, 4.69) is 11.9 Å². The maximum atomic E-state index is 13.2. The molecule has 8 heteroatoms. The van der Waals surface area contributed by atoms with E-state index in [1.165, 1.54) is 24.6 Å². The normalized spacial score (nSPS) is 14.9. The number of para-hydroxylation sites is 1. The highest BCUT2D eigenvalue weighted by Gasteiger charge is 2.45. The average molecular weight is 455 g/mol. The van der Waals surface area contributed by atoms with E-state index in [4.69, 9.17) is 5.10 Å². The smallest absolute Gasteiger partial charge is 0.302 e. The lowest BCUT2D eigenvalue weighted by atomic mass is 10.0. The van der Waals surface area contributed by atoms with Gasteiger partial charge in [0.2, 0.25) is 5.91 Å². The zero-order valence-corrected chi connectivity index (χ0v) is 19.6. The van der Waals surface area contributed by atoms with Crippen molar-refractivity contribution >= 4 is 34.7 Å². The molecule has 1 aromatic carbocycles. The maximum Gasteiger partial charge on any atom is 0.302 e. The van der Waals surface area contributed by atoms with Crippen molar-refractivity contribution < 1.29 is 14.6 Å². The van der Waals surface area contributed by atoms with Crippen molar-refractivity contribution in [2.24, 2.45) is 0 Å². The molecule has 0 bridgehead atoms. The molecule has 162 valence electrons. The van der Waals surface area contributed by atoms with Crippen molar-refractivity contribution in [1.29, 1.82) is 0 Å². The lowest BCUT2D eigenvalue weighted by molar-refractivity contribution is -0.763. The first-order valence-electron chi connectivity index (χ1n) is 10.6. The third-order valence-electron chi connectivity index (χ3n) is 5.42. The summed E-state index contributed by atoms with van der Waals surface area (Å²) < 4.78 is 1.71. The Labute approximate surface area is 191 Å². The van der Waals surface area contributed by atoms with Crippen LogP contribution in [0.5, 0.6) is 5.88 Å². The second-order valence-electron chi connectivity index (χ2n) is 7.65. The van der Waals surface area contributed by atoms with Gasteiger partial charge in [0.1, 0.15) is 4.88 Å². The highest BCUT2D eigenvalue weighted by Crippen LogP contribution is 2.42. The molecule has 1 atom stereocenters. The standard InChI is InChI=1S/C23H26N4O2S2/c1-4-5-6-9-13-31-23-24-21(29)19-17-10-7-8-11-18(17)26(16(3)28)22(27(19)25-23)20-15(2)12-14-30-20/h7-8,10-12,14,22H,4-6,9,13H2,1-3H3. The Morgan fingerprint density at radius 1 is 1.26 bits per heavy atom. The lowest BCUT2D eigenvalue weighted by Crippen LogP contribution is -2.58. The Hall–Kier alpha value is -2.45. The van der Waals surface area contributed by atoms with E-state index in [9.17, 15) is 9.90 Å². The molecule has 0 aliphatic carbocycles. The van der Waals surface area contributed by atoms with Gasteiger partial charge in [-0.15, -0.1) is 11.3 Å². The number of aromatic nitrogens is 3. The van der Waals surface area contributed by atoms with Crippen molar-refractivity contribution in [2.45, 2.75) is 57.8 Å². The number of benzene rings is 1. The number of nitrogens with zero attached hydrogens (tertiary/aromatic N) is 4. The molecule has 31 heavy (non-hydrogen) atoms. The number of hydrogen-bond acceptors (Lipinski definition) is 6. The summed E-state index contributed by atoms with van der Waals surface area (Å²) in [4.78, 5) is 19.8. The Morgan fingerprint density at radius 2 is 2.06 bits per heavy atom. The molecule has 4 rings (SSSR count). The summed E-state index contributed by atoms with van der Waals surface area (Å²) in [5, 5.41) is 20.4. The molecule has 1 unspecified atom stereocenters. The molecule has 3 aromatic rings. The average Bonchev–Trinajstić information content (AvgIpc) is 3.17. The molecule has 1 amide bonds. The zero-order valence-electron chi connectivity index (χ0n) is 18.0. The highest BCUT2D eigenvalue weighted by atomic mass is 32.2. The molecule has 0 N–H and O–H groups in total. The zero-order chi connectivity index (χ0) is 22.0. The van der Waals surface area contributed by atoms with Crippen LogP contribution in [0.4, 0.5) is 5.69 Å². The van der Waals surface area contributed by atoms with Crippen molar-refractivity contribution in [3.05, 3.63) is 46.2 Å². The van der Waals surface area contributed by atoms with Crippen LogP contribution in [0.3, 0.4) is 0 Å². The topological polar surface area (TPSA) is 73.0 Å². The molecular formula is C23H26N4O2S2. The number of carbonyl (C=O) groups is 1. The monoisotopic (exact) mass is 454 g/mol. The van der Waals surface area contributed by atoms with Crippen LogP contribution in [-0.4, -0.2) is 21.7 Å². The Morgan fingerprint density at radius 3 is 2.77 bits per heavy atom. The number of amides is 1. The highest BCUT2D eigenvalue weighted by molar-refractivity contribution is 7.99. The number of thiophene rings is 1. The van der Waals surface area contributed by atoms with E-state index in [1.54, 1.807) is 27.8 Å². The van der Waals surface area contributed by atoms with Gasteiger partial charge in [-0.3, -0.25) is 4.79 Å². The predicted molar refractivity (Wildman–Crippen MR) is 122 cm³/mol. The van der Waals surface area contributed by atoms with Crippen LogP contribution >= 0.6 is 23.1 Å². The van der Waals surface area contributed by atoms with Crippen LogP contribution in [0.25, 0.3) is 11.3 Å². The van der Waals surface area contributed by atoms with E-state index in [0.29, 0.717) is 22.1 Å². The number of carbonyl (C=O) groups excluding carboxylic acids is 1. The molecule has 0 fully saturated rings. The molecule has 0 radical (unpaired) electrons. The summed E-state index contributed by atoms with van der Waals surface area (Å²) in [6.07, 6.45) is 4.11. The van der Waals surface area contributed by atoms with Gasteiger partial charge in [-0.2, -0.15) is 0 Å². The van der Waals surface area contributed by atoms with Crippen LogP contribution in [0.2, 0.25) is 0 Å². The van der Waals surface area contributed by atoms with Gasteiger partial charge in [-0.1, -0.05) is 54.8 Å². The molecule has 1 aliphatic rings. The SMILES string of the molecule is CCCCCCSc1nc([O-])c2[n+](n1)C(c1sccc1C)N(C(C)=O)c1ccccc1-2. The maximum absolute atomic E-state index is 13.2. The van der Waals surface area contributed by atoms with Crippen LogP contribution in [0.1, 0.15) is 56.1 Å². The number of thioether (sulfide) groups is 1. The number of rotatable bonds is 7. The van der Waals surface area contributed by atoms with Gasteiger partial charge >= 0.3 is 6.17 Å². The third-order valence-corrected chi connectivity index (χ3v) is 7.40. The van der Waals surface area contributed by atoms with Gasteiger partial charge in [0.15, 0.2) is 0 Å². The fourth-order valence-corrected chi connectivity index (χ4v) is 5.74. The van der Waals surface area contributed by atoms with Gasteiger partial charge in [0, 0.05) is 17.8 Å². The van der Waals surface area contributed by atoms with Crippen molar-refractivity contribution in [1.82, 2.24) is 10.1 Å². The van der Waals surface area contributed by atoms with Crippen molar-refractivity contribution in [3.8, 4) is 17.1 Å². The molecule has 2 aromatic heterocycles. The number of anilines is 1. The summed E-state index contributed by atoms with van der Waals surface area (Å²) in [5.74, 6) is 0.471. The van der Waals surface area contributed by atoms with Crippen LogP contribution < -0.4 is 14.7 Å². The van der Waals surface area contributed by atoms with Gasteiger partial charge < -0.3 is 5.11 Å². The van der Waals surface area contributed by atoms with Crippen LogP contribution in [0.15, 0.2) is 40.9 Å². The fourth-order valence-electron chi connectivity index (χ4n) is 3.92. The number of hydrogen-bond donors (Lipinski definition) is 0.